The number of benzene rings is 2. The van der Waals surface area contributed by atoms with Crippen molar-refractivity contribution in [3.8, 4) is 0 Å². The summed E-state index contributed by atoms with van der Waals surface area (Å²) in [6.45, 7) is 6.13. The maximum atomic E-state index is 14.2. The Morgan fingerprint density at radius 3 is 2.03 bits per heavy atom. The minimum absolute atomic E-state index is 0. The average molecular weight is 469 g/mol. The first-order chi connectivity index (χ1) is 14.2. The summed E-state index contributed by atoms with van der Waals surface area (Å²) in [6, 6.07) is 15.2. The van der Waals surface area contributed by atoms with Gasteiger partial charge >= 0.3 is 30.6 Å². The van der Waals surface area contributed by atoms with Gasteiger partial charge in [-0.15, -0.1) is 0 Å². The first kappa shape index (κ1) is 23.7. The Labute approximate surface area is 199 Å². The molecule has 2 aliphatic carbocycles. The second-order valence-electron chi connectivity index (χ2n) is 8.85. The molecule has 0 saturated carbocycles. The Balaban J connectivity index is 0.00000272. The van der Waals surface area contributed by atoms with Gasteiger partial charge in [-0.05, 0) is 54.2 Å². The van der Waals surface area contributed by atoms with Crippen LogP contribution in [0.15, 0.2) is 66.8 Å². The monoisotopic (exact) mass is 469 g/mol. The first-order valence-corrected chi connectivity index (χ1v) is 11.7. The summed E-state index contributed by atoms with van der Waals surface area (Å²) in [5, 5.41) is 0. The number of halogens is 2. The molecule has 2 nitrogen and oxygen atoms in total. The van der Waals surface area contributed by atoms with E-state index in [2.05, 4.69) is 6.08 Å². The van der Waals surface area contributed by atoms with E-state index in [1.54, 1.807) is 24.3 Å². The molecule has 6 heteroatoms. The van der Waals surface area contributed by atoms with Gasteiger partial charge in [0.2, 0.25) is 0 Å². The van der Waals surface area contributed by atoms with E-state index in [1.165, 1.54) is 0 Å². The molecule has 31 heavy (non-hydrogen) atoms. The molecule has 0 aromatic heterocycles. The molecular weight excluding hydrogens is 444 g/mol. The van der Waals surface area contributed by atoms with Gasteiger partial charge in [0, 0.05) is 24.5 Å². The fourth-order valence-corrected chi connectivity index (χ4v) is 6.01. The van der Waals surface area contributed by atoms with Gasteiger partial charge in [-0.1, -0.05) is 60.7 Å². The molecule has 0 heterocycles. The summed E-state index contributed by atoms with van der Waals surface area (Å²) < 4.78 is 43.4. The standard InChI is InChI=1S/C25H25F2NOSi.Ti/c1-25(2,3)28(4)30(29)15-16-13-14-21-17-9-5-6-10-18(17)23(24(26)27)20-12-8-7-11-19(20)22(16)21;/h5-14,16H,15H2,1-4H3;/q;+4. The summed E-state index contributed by atoms with van der Waals surface area (Å²) in [6.07, 6.45) is 2.41. The van der Waals surface area contributed by atoms with Crippen LogP contribution in [0.5, 0.6) is 0 Å². The van der Waals surface area contributed by atoms with Crippen LogP contribution in [0.2, 0.25) is 6.04 Å². The van der Waals surface area contributed by atoms with Crippen molar-refractivity contribution in [1.29, 1.82) is 0 Å². The molecule has 0 radical (unpaired) electrons. The number of hydrogen-bond donors (Lipinski definition) is 0. The summed E-state index contributed by atoms with van der Waals surface area (Å²) in [4.78, 5) is 0. The number of hydrogen-bond acceptors (Lipinski definition) is 1. The van der Waals surface area contributed by atoms with Crippen molar-refractivity contribution >= 4 is 25.6 Å². The Morgan fingerprint density at radius 1 is 0.968 bits per heavy atom. The Kier molecular flexibility index (Phi) is 6.80. The Bertz CT molecular complexity index is 1130. The van der Waals surface area contributed by atoms with Crippen molar-refractivity contribution in [1.82, 2.24) is 4.57 Å². The van der Waals surface area contributed by atoms with Crippen LogP contribution in [-0.4, -0.2) is 26.0 Å². The Hall–Kier alpha value is -1.95. The number of rotatable bonds is 3. The van der Waals surface area contributed by atoms with E-state index in [4.69, 9.17) is 0 Å². The third-order valence-electron chi connectivity index (χ3n) is 6.09. The molecule has 4 rings (SSSR count). The molecule has 0 amide bonds. The quantitative estimate of drug-likeness (QED) is 0.485. The molecule has 1 atom stereocenters. The zero-order valence-corrected chi connectivity index (χ0v) is 20.7. The zero-order valence-electron chi connectivity index (χ0n) is 18.2. The fourth-order valence-electron chi connectivity index (χ4n) is 4.27. The molecule has 2 aromatic carbocycles. The van der Waals surface area contributed by atoms with Crippen molar-refractivity contribution in [2.24, 2.45) is 5.92 Å². The predicted molar refractivity (Wildman–Crippen MR) is 119 cm³/mol. The maximum absolute atomic E-state index is 14.2. The minimum Gasteiger partial charge on any atom is -0.375 e. The van der Waals surface area contributed by atoms with Crippen LogP contribution in [-0.2, 0) is 26.2 Å². The SMILES string of the molecule is CN([Si](=O)CC1C=CC2=C1c1ccccc1C(=C(F)F)c1ccccc12)C(C)(C)C.[Ti+4]. The van der Waals surface area contributed by atoms with Gasteiger partial charge in [-0.3, -0.25) is 0 Å². The van der Waals surface area contributed by atoms with Crippen molar-refractivity contribution < 1.29 is 35.0 Å². The minimum atomic E-state index is -2.04. The van der Waals surface area contributed by atoms with E-state index in [-0.39, 0.29) is 38.7 Å². The predicted octanol–water partition coefficient (Wildman–Crippen LogP) is 6.40. The molecule has 0 spiro atoms. The van der Waals surface area contributed by atoms with E-state index < -0.39 is 14.9 Å². The summed E-state index contributed by atoms with van der Waals surface area (Å²) >= 11 is 0. The summed E-state index contributed by atoms with van der Waals surface area (Å²) in [5.74, 6) is -0.0765. The third-order valence-corrected chi connectivity index (χ3v) is 8.30. The maximum Gasteiger partial charge on any atom is 4.00 e. The topological polar surface area (TPSA) is 20.3 Å². The summed E-state index contributed by atoms with van der Waals surface area (Å²) in [7, 11) is -0.145. The van der Waals surface area contributed by atoms with Gasteiger partial charge in [-0.2, -0.15) is 8.78 Å². The van der Waals surface area contributed by atoms with E-state index in [9.17, 15) is 13.2 Å². The van der Waals surface area contributed by atoms with Crippen molar-refractivity contribution in [3.63, 3.8) is 0 Å². The van der Waals surface area contributed by atoms with Crippen molar-refractivity contribution in [3.05, 3.63) is 89.0 Å². The van der Waals surface area contributed by atoms with Crippen LogP contribution in [0.1, 0.15) is 43.0 Å². The molecule has 1 unspecified atom stereocenters. The van der Waals surface area contributed by atoms with Crippen LogP contribution in [0.3, 0.4) is 0 Å². The normalized spacial score (nSPS) is 16.7. The Morgan fingerprint density at radius 2 is 1.48 bits per heavy atom. The van der Waals surface area contributed by atoms with Gasteiger partial charge < -0.3 is 9.03 Å². The van der Waals surface area contributed by atoms with Gasteiger partial charge in [0.25, 0.3) is 6.08 Å². The van der Waals surface area contributed by atoms with E-state index in [1.807, 2.05) is 62.7 Å². The van der Waals surface area contributed by atoms with E-state index >= 15 is 0 Å². The molecule has 154 valence electrons. The zero-order chi connectivity index (χ0) is 21.6. The molecule has 0 bridgehead atoms. The molecule has 0 fully saturated rings. The van der Waals surface area contributed by atoms with Crippen LogP contribution < -0.4 is 0 Å². The van der Waals surface area contributed by atoms with Gasteiger partial charge in [0.05, 0.1) is 5.57 Å². The van der Waals surface area contributed by atoms with E-state index in [0.29, 0.717) is 17.2 Å². The second-order valence-corrected chi connectivity index (χ2v) is 10.7. The molecule has 0 saturated heterocycles. The van der Waals surface area contributed by atoms with Crippen LogP contribution in [0.4, 0.5) is 8.78 Å². The van der Waals surface area contributed by atoms with Crippen molar-refractivity contribution in [2.75, 3.05) is 7.05 Å². The van der Waals surface area contributed by atoms with Crippen LogP contribution in [0.25, 0.3) is 16.7 Å². The van der Waals surface area contributed by atoms with Crippen LogP contribution in [0, 0.1) is 5.92 Å². The number of allylic oxidation sites excluding steroid dienone is 4. The number of nitrogens with zero attached hydrogens (tertiary/aromatic N) is 1. The molecule has 0 N–H and O–H groups in total. The molecule has 0 aliphatic heterocycles. The van der Waals surface area contributed by atoms with E-state index in [0.717, 1.165) is 22.3 Å². The fraction of sp³-hybridized carbons (Fsp3) is 0.280. The number of fused-ring (bicyclic) bond motifs is 4. The molecule has 2 aromatic rings. The molecular formula is C25H25F2NOSiTi+4. The van der Waals surface area contributed by atoms with Gasteiger partial charge in [-0.25, -0.2) is 0 Å². The van der Waals surface area contributed by atoms with Crippen LogP contribution >= 0.6 is 0 Å². The van der Waals surface area contributed by atoms with Gasteiger partial charge in [0.1, 0.15) is 0 Å². The van der Waals surface area contributed by atoms with Gasteiger partial charge in [0.15, 0.2) is 0 Å². The largest absolute Gasteiger partial charge is 4.00 e. The second kappa shape index (κ2) is 8.89. The first-order valence-electron chi connectivity index (χ1n) is 10.1. The smallest absolute Gasteiger partial charge is 0.375 e. The third kappa shape index (κ3) is 4.23. The average Bonchev–Trinajstić information content (AvgIpc) is 3.05. The molecule has 2 aliphatic rings. The van der Waals surface area contributed by atoms with Crippen molar-refractivity contribution in [2.45, 2.75) is 32.4 Å². The summed E-state index contributed by atoms with van der Waals surface area (Å²) in [5.41, 5.74) is 4.41.